The number of pyridine rings is 1. The van der Waals surface area contributed by atoms with Crippen LogP contribution in [0.4, 0.5) is 0 Å². The number of rotatable bonds is 5. The molecule has 158 valence electrons. The molecular weight excluding hydrogens is 396 g/mol. The van der Waals surface area contributed by atoms with E-state index < -0.39 is 0 Å². The molecule has 1 aromatic carbocycles. The summed E-state index contributed by atoms with van der Waals surface area (Å²) in [6.45, 7) is 12.0. The number of ether oxygens (including phenoxy) is 1. The summed E-state index contributed by atoms with van der Waals surface area (Å²) in [5.41, 5.74) is 6.80. The Morgan fingerprint density at radius 2 is 2.00 bits per heavy atom. The number of aromatic nitrogens is 3. The lowest BCUT2D eigenvalue weighted by molar-refractivity contribution is -0.0351. The summed E-state index contributed by atoms with van der Waals surface area (Å²) >= 11 is 6.12. The Hall–Kier alpha value is -2.21. The summed E-state index contributed by atoms with van der Waals surface area (Å²) in [5.74, 6) is 0. The minimum atomic E-state index is -0.0204. The molecule has 0 saturated carbocycles. The van der Waals surface area contributed by atoms with Crippen molar-refractivity contribution in [2.75, 3.05) is 19.7 Å². The van der Waals surface area contributed by atoms with Gasteiger partial charge < -0.3 is 4.74 Å². The Morgan fingerprint density at radius 1 is 1.17 bits per heavy atom. The summed E-state index contributed by atoms with van der Waals surface area (Å²) in [7, 11) is 0. The third kappa shape index (κ3) is 4.43. The van der Waals surface area contributed by atoms with E-state index in [-0.39, 0.29) is 6.10 Å². The van der Waals surface area contributed by atoms with E-state index in [4.69, 9.17) is 26.4 Å². The van der Waals surface area contributed by atoms with Gasteiger partial charge in [-0.2, -0.15) is 5.10 Å². The normalized spacial score (nSPS) is 17.6. The molecule has 0 spiro atoms. The number of hydrogen-bond donors (Lipinski definition) is 0. The van der Waals surface area contributed by atoms with Gasteiger partial charge in [0.2, 0.25) is 0 Å². The van der Waals surface area contributed by atoms with Crippen LogP contribution in [0.5, 0.6) is 0 Å². The van der Waals surface area contributed by atoms with E-state index in [1.54, 1.807) is 0 Å². The zero-order valence-corrected chi connectivity index (χ0v) is 18.9. The predicted molar refractivity (Wildman–Crippen MR) is 121 cm³/mol. The van der Waals surface area contributed by atoms with Gasteiger partial charge in [0.25, 0.3) is 0 Å². The van der Waals surface area contributed by atoms with Crippen molar-refractivity contribution in [3.8, 4) is 11.1 Å². The molecule has 1 aliphatic rings. The highest BCUT2D eigenvalue weighted by molar-refractivity contribution is 6.30. The minimum absolute atomic E-state index is 0.0204. The van der Waals surface area contributed by atoms with Gasteiger partial charge in [-0.3, -0.25) is 14.6 Å². The van der Waals surface area contributed by atoms with E-state index >= 15 is 0 Å². The predicted octanol–water partition coefficient (Wildman–Crippen LogP) is 5.37. The molecule has 1 fully saturated rings. The van der Waals surface area contributed by atoms with E-state index in [1.165, 1.54) is 11.3 Å². The zero-order valence-electron chi connectivity index (χ0n) is 18.1. The summed E-state index contributed by atoms with van der Waals surface area (Å²) < 4.78 is 8.18. The molecular formula is C24H29ClN4O. The van der Waals surface area contributed by atoms with E-state index in [0.717, 1.165) is 47.2 Å². The van der Waals surface area contributed by atoms with Crippen LogP contribution in [0, 0.1) is 13.8 Å². The van der Waals surface area contributed by atoms with E-state index in [0.29, 0.717) is 12.6 Å². The Labute approximate surface area is 183 Å². The Bertz CT molecular complexity index is 1010. The van der Waals surface area contributed by atoms with Crippen molar-refractivity contribution in [2.24, 2.45) is 0 Å². The van der Waals surface area contributed by atoms with Crippen molar-refractivity contribution in [2.45, 2.75) is 46.4 Å². The zero-order chi connectivity index (χ0) is 21.3. The molecule has 0 bridgehead atoms. The first-order chi connectivity index (χ1) is 14.4. The van der Waals surface area contributed by atoms with Crippen LogP contribution in [-0.2, 0) is 11.3 Å². The quantitative estimate of drug-likeness (QED) is 0.552. The molecule has 2 aromatic heterocycles. The molecule has 3 heterocycles. The maximum Gasteiger partial charge on any atom is 0.112 e. The topological polar surface area (TPSA) is 43.2 Å². The van der Waals surface area contributed by atoms with Crippen LogP contribution < -0.4 is 0 Å². The highest BCUT2D eigenvalue weighted by Crippen LogP contribution is 2.27. The molecule has 1 aliphatic heterocycles. The fourth-order valence-electron chi connectivity index (χ4n) is 4.11. The third-order valence-electron chi connectivity index (χ3n) is 5.77. The van der Waals surface area contributed by atoms with Gasteiger partial charge in [0, 0.05) is 53.7 Å². The summed E-state index contributed by atoms with van der Waals surface area (Å²) in [5, 5.41) is 5.46. The lowest BCUT2D eigenvalue weighted by Crippen LogP contribution is -2.38. The molecule has 0 N–H and O–H groups in total. The second-order valence-corrected chi connectivity index (χ2v) is 8.70. The SMILES string of the molecule is Cc1nn(C(C)C)c(C)c1CN1CCO[C@H](c2ccc(-c3cccc(Cl)c3)cn2)C1. The van der Waals surface area contributed by atoms with Crippen LogP contribution >= 0.6 is 11.6 Å². The molecule has 30 heavy (non-hydrogen) atoms. The van der Waals surface area contributed by atoms with Gasteiger partial charge in [0.15, 0.2) is 0 Å². The molecule has 5 nitrogen and oxygen atoms in total. The van der Waals surface area contributed by atoms with Crippen molar-refractivity contribution in [3.63, 3.8) is 0 Å². The Balaban J connectivity index is 1.47. The van der Waals surface area contributed by atoms with Crippen LogP contribution in [-0.4, -0.2) is 39.4 Å². The smallest absolute Gasteiger partial charge is 0.112 e. The molecule has 3 aromatic rings. The summed E-state index contributed by atoms with van der Waals surface area (Å²) in [6.07, 6.45) is 1.89. The lowest BCUT2D eigenvalue weighted by atomic mass is 10.1. The van der Waals surface area contributed by atoms with Gasteiger partial charge in [-0.05, 0) is 51.5 Å². The fourth-order valence-corrected chi connectivity index (χ4v) is 4.30. The summed E-state index contributed by atoms with van der Waals surface area (Å²) in [4.78, 5) is 7.15. The van der Waals surface area contributed by atoms with E-state index in [2.05, 4.69) is 49.4 Å². The fraction of sp³-hybridized carbons (Fsp3) is 0.417. The Morgan fingerprint density at radius 3 is 2.67 bits per heavy atom. The molecule has 0 unspecified atom stereocenters. The molecule has 4 rings (SSSR count). The third-order valence-corrected chi connectivity index (χ3v) is 6.01. The lowest BCUT2D eigenvalue weighted by Gasteiger charge is -2.32. The van der Waals surface area contributed by atoms with Gasteiger partial charge in [-0.25, -0.2) is 0 Å². The van der Waals surface area contributed by atoms with Crippen molar-refractivity contribution in [1.29, 1.82) is 0 Å². The maximum absolute atomic E-state index is 6.12. The first kappa shape index (κ1) is 21.0. The maximum atomic E-state index is 6.12. The molecule has 0 amide bonds. The first-order valence-electron chi connectivity index (χ1n) is 10.5. The average molecular weight is 425 g/mol. The van der Waals surface area contributed by atoms with Crippen molar-refractivity contribution in [3.05, 3.63) is 70.3 Å². The van der Waals surface area contributed by atoms with Crippen LogP contribution in [0.15, 0.2) is 42.6 Å². The number of hydrogen-bond acceptors (Lipinski definition) is 4. The standard InChI is InChI=1S/C24H29ClN4O/c1-16(2)29-18(4)22(17(3)27-29)14-28-10-11-30-24(15-28)23-9-8-20(13-26-23)19-6-5-7-21(25)12-19/h5-9,12-13,16,24H,10-11,14-15H2,1-4H3/t24-/m0/s1. The molecule has 1 saturated heterocycles. The highest BCUT2D eigenvalue weighted by Gasteiger charge is 2.25. The van der Waals surface area contributed by atoms with Crippen LogP contribution in [0.1, 0.15) is 48.6 Å². The Kier molecular flexibility index (Phi) is 6.23. The van der Waals surface area contributed by atoms with Gasteiger partial charge in [0.1, 0.15) is 6.10 Å². The van der Waals surface area contributed by atoms with Crippen molar-refractivity contribution in [1.82, 2.24) is 19.7 Å². The van der Waals surface area contributed by atoms with Crippen LogP contribution in [0.25, 0.3) is 11.1 Å². The molecule has 1 atom stereocenters. The monoisotopic (exact) mass is 424 g/mol. The van der Waals surface area contributed by atoms with Crippen LogP contribution in [0.3, 0.4) is 0 Å². The van der Waals surface area contributed by atoms with Gasteiger partial charge >= 0.3 is 0 Å². The van der Waals surface area contributed by atoms with Crippen molar-refractivity contribution >= 4 is 11.6 Å². The number of morpholine rings is 1. The second kappa shape index (κ2) is 8.88. The minimum Gasteiger partial charge on any atom is -0.369 e. The van der Waals surface area contributed by atoms with Crippen LogP contribution in [0.2, 0.25) is 5.02 Å². The molecule has 6 heteroatoms. The number of nitrogens with zero attached hydrogens (tertiary/aromatic N) is 4. The average Bonchev–Trinajstić information content (AvgIpc) is 3.03. The number of aryl methyl sites for hydroxylation is 1. The van der Waals surface area contributed by atoms with E-state index in [9.17, 15) is 0 Å². The van der Waals surface area contributed by atoms with Gasteiger partial charge in [0.05, 0.1) is 18.0 Å². The second-order valence-electron chi connectivity index (χ2n) is 8.26. The van der Waals surface area contributed by atoms with Gasteiger partial charge in [-0.1, -0.05) is 29.8 Å². The molecule has 0 aliphatic carbocycles. The number of benzene rings is 1. The highest BCUT2D eigenvalue weighted by atomic mass is 35.5. The van der Waals surface area contributed by atoms with Gasteiger partial charge in [-0.15, -0.1) is 0 Å². The first-order valence-corrected chi connectivity index (χ1v) is 10.9. The molecule has 0 radical (unpaired) electrons. The summed E-state index contributed by atoms with van der Waals surface area (Å²) in [6, 6.07) is 12.4. The van der Waals surface area contributed by atoms with Crippen molar-refractivity contribution < 1.29 is 4.74 Å². The largest absolute Gasteiger partial charge is 0.369 e. The van der Waals surface area contributed by atoms with E-state index in [1.807, 2.05) is 30.5 Å². The number of halogens is 1.